The number of carbonyl (C=O) groups is 1. The highest BCUT2D eigenvalue weighted by molar-refractivity contribution is 9.08. The van der Waals surface area contributed by atoms with Crippen LogP contribution in [0.5, 0.6) is 0 Å². The van der Waals surface area contributed by atoms with Gasteiger partial charge in [0.15, 0.2) is 0 Å². The van der Waals surface area contributed by atoms with Gasteiger partial charge in [-0.3, -0.25) is 4.79 Å². The molecular weight excluding hydrogens is 352 g/mol. The maximum Gasteiger partial charge on any atom is 0.258 e. The van der Waals surface area contributed by atoms with Crippen molar-refractivity contribution in [2.24, 2.45) is 0 Å². The Morgan fingerprint density at radius 3 is 2.40 bits per heavy atom. The van der Waals surface area contributed by atoms with Gasteiger partial charge in [-0.2, -0.15) is 0 Å². The zero-order chi connectivity index (χ0) is 14.7. The van der Waals surface area contributed by atoms with Crippen LogP contribution in [0.1, 0.15) is 15.9 Å². The Morgan fingerprint density at radius 2 is 1.80 bits per heavy atom. The van der Waals surface area contributed by atoms with Crippen molar-refractivity contribution in [1.82, 2.24) is 0 Å². The maximum atomic E-state index is 13.6. The van der Waals surface area contributed by atoms with Crippen molar-refractivity contribution in [3.05, 3.63) is 64.2 Å². The number of rotatable bonds is 3. The number of amides is 1. The molecule has 0 unspecified atom stereocenters. The second-order valence-electron chi connectivity index (χ2n) is 4.03. The van der Waals surface area contributed by atoms with E-state index in [9.17, 15) is 13.6 Å². The number of halogens is 4. The monoisotopic (exact) mass is 359 g/mol. The summed E-state index contributed by atoms with van der Waals surface area (Å²) in [5.41, 5.74) is 1.14. The SMILES string of the molecule is O=C(Nc1ccc(CBr)cc1)c1cc(F)c(Cl)cc1F. The van der Waals surface area contributed by atoms with Gasteiger partial charge in [-0.1, -0.05) is 39.7 Å². The highest BCUT2D eigenvalue weighted by Gasteiger charge is 2.15. The molecule has 0 saturated carbocycles. The lowest BCUT2D eigenvalue weighted by atomic mass is 10.1. The Labute approximate surface area is 127 Å². The molecule has 0 aliphatic carbocycles. The van der Waals surface area contributed by atoms with Crippen LogP contribution < -0.4 is 5.32 Å². The molecule has 0 aliphatic heterocycles. The molecule has 0 saturated heterocycles. The highest BCUT2D eigenvalue weighted by Crippen LogP contribution is 2.20. The molecule has 20 heavy (non-hydrogen) atoms. The average Bonchev–Trinajstić information content (AvgIpc) is 2.43. The highest BCUT2D eigenvalue weighted by atomic mass is 79.9. The van der Waals surface area contributed by atoms with Crippen LogP contribution in [-0.2, 0) is 5.33 Å². The molecule has 2 aromatic rings. The maximum absolute atomic E-state index is 13.6. The van der Waals surface area contributed by atoms with Crippen molar-refractivity contribution >= 4 is 39.1 Å². The van der Waals surface area contributed by atoms with Crippen LogP contribution in [0.4, 0.5) is 14.5 Å². The Hall–Kier alpha value is -1.46. The van der Waals surface area contributed by atoms with E-state index in [0.29, 0.717) is 11.0 Å². The van der Waals surface area contributed by atoms with Gasteiger partial charge >= 0.3 is 0 Å². The van der Waals surface area contributed by atoms with E-state index in [4.69, 9.17) is 11.6 Å². The largest absolute Gasteiger partial charge is 0.322 e. The molecule has 0 heterocycles. The van der Waals surface area contributed by atoms with Crippen LogP contribution in [0.25, 0.3) is 0 Å². The van der Waals surface area contributed by atoms with Crippen LogP contribution in [0, 0.1) is 11.6 Å². The first-order chi connectivity index (χ1) is 9.51. The lowest BCUT2D eigenvalue weighted by molar-refractivity contribution is 0.102. The quantitative estimate of drug-likeness (QED) is 0.620. The molecule has 2 nitrogen and oxygen atoms in total. The van der Waals surface area contributed by atoms with Gasteiger partial charge in [0.05, 0.1) is 10.6 Å². The van der Waals surface area contributed by atoms with Crippen LogP contribution >= 0.6 is 27.5 Å². The van der Waals surface area contributed by atoms with Gasteiger partial charge in [-0.15, -0.1) is 0 Å². The molecule has 0 aliphatic rings. The summed E-state index contributed by atoms with van der Waals surface area (Å²) in [6.07, 6.45) is 0. The second-order valence-corrected chi connectivity index (χ2v) is 5.00. The van der Waals surface area contributed by atoms with Gasteiger partial charge in [-0.05, 0) is 29.8 Å². The van der Waals surface area contributed by atoms with E-state index in [-0.39, 0.29) is 5.02 Å². The third-order valence-corrected chi connectivity index (χ3v) is 3.56. The Bertz CT molecular complexity index is 646. The zero-order valence-corrected chi connectivity index (χ0v) is 12.4. The van der Waals surface area contributed by atoms with Gasteiger partial charge in [0.1, 0.15) is 11.6 Å². The smallest absolute Gasteiger partial charge is 0.258 e. The standard InChI is InChI=1S/C14H9BrClF2NO/c15-7-8-1-3-9(4-2-8)19-14(20)10-5-13(18)11(16)6-12(10)17/h1-6H,7H2,(H,19,20). The van der Waals surface area contributed by atoms with E-state index < -0.39 is 23.1 Å². The Morgan fingerprint density at radius 1 is 1.15 bits per heavy atom. The summed E-state index contributed by atoms with van der Waals surface area (Å²) in [6, 6.07) is 8.53. The number of hydrogen-bond acceptors (Lipinski definition) is 1. The molecule has 0 aromatic heterocycles. The minimum absolute atomic E-state index is 0.360. The molecule has 2 aromatic carbocycles. The number of alkyl halides is 1. The lowest BCUT2D eigenvalue weighted by Gasteiger charge is -2.07. The predicted octanol–water partition coefficient (Wildman–Crippen LogP) is 4.77. The molecule has 1 amide bonds. The predicted molar refractivity (Wildman–Crippen MR) is 78.4 cm³/mol. The van der Waals surface area contributed by atoms with E-state index in [1.807, 2.05) is 12.1 Å². The Balaban J connectivity index is 2.21. The van der Waals surface area contributed by atoms with Crippen LogP contribution in [0.15, 0.2) is 36.4 Å². The first-order valence-corrected chi connectivity index (χ1v) is 7.12. The number of anilines is 1. The summed E-state index contributed by atoms with van der Waals surface area (Å²) in [4.78, 5) is 11.9. The molecule has 0 spiro atoms. The summed E-state index contributed by atoms with van der Waals surface area (Å²) in [7, 11) is 0. The van der Waals surface area contributed by atoms with Gasteiger partial charge in [0.2, 0.25) is 0 Å². The summed E-state index contributed by atoms with van der Waals surface area (Å²) >= 11 is 8.74. The molecule has 0 fully saturated rings. The van der Waals surface area contributed by atoms with Crippen molar-refractivity contribution in [1.29, 1.82) is 0 Å². The van der Waals surface area contributed by atoms with Crippen molar-refractivity contribution in [2.75, 3.05) is 5.32 Å². The van der Waals surface area contributed by atoms with Gasteiger partial charge < -0.3 is 5.32 Å². The normalized spacial score (nSPS) is 10.4. The van der Waals surface area contributed by atoms with Crippen molar-refractivity contribution in [2.45, 2.75) is 5.33 Å². The molecule has 6 heteroatoms. The summed E-state index contributed by atoms with van der Waals surface area (Å²) < 4.78 is 26.9. The van der Waals surface area contributed by atoms with E-state index >= 15 is 0 Å². The summed E-state index contributed by atoms with van der Waals surface area (Å²) in [5, 5.41) is 2.83. The van der Waals surface area contributed by atoms with Gasteiger partial charge in [0, 0.05) is 11.0 Å². The molecular formula is C14H9BrClF2NO. The van der Waals surface area contributed by atoms with Crippen molar-refractivity contribution in [3.63, 3.8) is 0 Å². The first kappa shape index (κ1) is 14.9. The van der Waals surface area contributed by atoms with E-state index in [1.165, 1.54) is 0 Å². The third kappa shape index (κ3) is 3.35. The number of carbonyl (C=O) groups excluding carboxylic acids is 1. The molecule has 0 radical (unpaired) electrons. The zero-order valence-electron chi connectivity index (χ0n) is 10.1. The minimum atomic E-state index is -0.869. The molecule has 0 bridgehead atoms. The van der Waals surface area contributed by atoms with Crippen molar-refractivity contribution in [3.8, 4) is 0 Å². The fraction of sp³-hybridized carbons (Fsp3) is 0.0714. The second kappa shape index (κ2) is 6.33. The molecule has 0 atom stereocenters. The van der Waals surface area contributed by atoms with Gasteiger partial charge in [-0.25, -0.2) is 8.78 Å². The third-order valence-electron chi connectivity index (χ3n) is 2.62. The molecule has 104 valence electrons. The number of nitrogens with one attached hydrogen (secondary N) is 1. The van der Waals surface area contributed by atoms with Crippen molar-refractivity contribution < 1.29 is 13.6 Å². The van der Waals surface area contributed by atoms with E-state index in [1.54, 1.807) is 12.1 Å². The van der Waals surface area contributed by atoms with Crippen LogP contribution in [-0.4, -0.2) is 5.91 Å². The van der Waals surface area contributed by atoms with Crippen LogP contribution in [0.2, 0.25) is 5.02 Å². The number of hydrogen-bond donors (Lipinski definition) is 1. The Kier molecular flexibility index (Phi) is 4.73. The molecule has 2 rings (SSSR count). The fourth-order valence-corrected chi connectivity index (χ4v) is 2.10. The molecule has 1 N–H and O–H groups in total. The summed E-state index contributed by atoms with van der Waals surface area (Å²) in [5.74, 6) is -2.44. The van der Waals surface area contributed by atoms with Crippen LogP contribution in [0.3, 0.4) is 0 Å². The fourth-order valence-electron chi connectivity index (χ4n) is 1.57. The number of benzene rings is 2. The topological polar surface area (TPSA) is 29.1 Å². The van der Waals surface area contributed by atoms with E-state index in [0.717, 1.165) is 17.7 Å². The minimum Gasteiger partial charge on any atom is -0.322 e. The average molecular weight is 361 g/mol. The van der Waals surface area contributed by atoms with E-state index in [2.05, 4.69) is 21.2 Å². The summed E-state index contributed by atoms with van der Waals surface area (Å²) in [6.45, 7) is 0. The first-order valence-electron chi connectivity index (χ1n) is 5.62. The lowest BCUT2D eigenvalue weighted by Crippen LogP contribution is -2.14. The van der Waals surface area contributed by atoms with Gasteiger partial charge in [0.25, 0.3) is 5.91 Å².